The summed E-state index contributed by atoms with van der Waals surface area (Å²) in [6.07, 6.45) is 2.32. The molecule has 0 unspecified atom stereocenters. The zero-order chi connectivity index (χ0) is 16.9. The third kappa shape index (κ3) is 4.24. The molecule has 0 bridgehead atoms. The minimum Gasteiger partial charge on any atom is -0.466 e. The zero-order valence-electron chi connectivity index (χ0n) is 13.6. The van der Waals surface area contributed by atoms with E-state index in [-0.39, 0.29) is 11.9 Å². The Morgan fingerprint density at radius 3 is 2.71 bits per heavy atom. The SMILES string of the molecule is CCOC(=O)C1CCN(c2nc(Cc3ccc(Cl)cc3)ns2)CC1. The number of anilines is 1. The Balaban J connectivity index is 1.56. The van der Waals surface area contributed by atoms with E-state index in [0.29, 0.717) is 13.0 Å². The number of nitrogens with zero attached hydrogens (tertiary/aromatic N) is 3. The van der Waals surface area contributed by atoms with Gasteiger partial charge in [0.25, 0.3) is 0 Å². The van der Waals surface area contributed by atoms with Crippen molar-refractivity contribution in [2.45, 2.75) is 26.2 Å². The number of piperidine rings is 1. The standard InChI is InChI=1S/C17H20ClN3O2S/c1-2-23-16(22)13-7-9-21(10-8-13)17-19-15(20-24-17)11-12-3-5-14(18)6-4-12/h3-6,13H,2,7-11H2,1H3. The minimum atomic E-state index is -0.0714. The quantitative estimate of drug-likeness (QED) is 0.758. The summed E-state index contributed by atoms with van der Waals surface area (Å²) in [5.41, 5.74) is 1.14. The van der Waals surface area contributed by atoms with Crippen LogP contribution in [0.1, 0.15) is 31.2 Å². The molecule has 1 aromatic heterocycles. The number of halogens is 1. The number of ether oxygens (including phenoxy) is 1. The molecule has 0 spiro atoms. The molecule has 128 valence electrons. The summed E-state index contributed by atoms with van der Waals surface area (Å²) in [5.74, 6) is 0.769. The zero-order valence-corrected chi connectivity index (χ0v) is 15.1. The summed E-state index contributed by atoms with van der Waals surface area (Å²) in [7, 11) is 0. The molecule has 0 amide bonds. The number of rotatable bonds is 5. The molecule has 7 heteroatoms. The van der Waals surface area contributed by atoms with Crippen molar-refractivity contribution < 1.29 is 9.53 Å². The summed E-state index contributed by atoms with van der Waals surface area (Å²) in [6, 6.07) is 7.75. The Morgan fingerprint density at radius 2 is 2.04 bits per heavy atom. The van der Waals surface area contributed by atoms with Crippen LogP contribution >= 0.6 is 23.1 Å². The Labute approximate surface area is 150 Å². The topological polar surface area (TPSA) is 55.3 Å². The molecule has 1 aromatic carbocycles. The van der Waals surface area contributed by atoms with Gasteiger partial charge in [-0.15, -0.1) is 0 Å². The number of carbonyl (C=O) groups excluding carboxylic acids is 1. The summed E-state index contributed by atoms with van der Waals surface area (Å²) >= 11 is 7.33. The highest BCUT2D eigenvalue weighted by Crippen LogP contribution is 2.26. The van der Waals surface area contributed by atoms with E-state index >= 15 is 0 Å². The van der Waals surface area contributed by atoms with E-state index in [2.05, 4.69) is 14.3 Å². The number of carbonyl (C=O) groups is 1. The van der Waals surface area contributed by atoms with Crippen molar-refractivity contribution in [2.24, 2.45) is 5.92 Å². The lowest BCUT2D eigenvalue weighted by Gasteiger charge is -2.30. The molecule has 0 N–H and O–H groups in total. The fourth-order valence-corrected chi connectivity index (χ4v) is 3.66. The largest absolute Gasteiger partial charge is 0.466 e. The number of benzene rings is 1. The number of esters is 1. The molecule has 24 heavy (non-hydrogen) atoms. The van der Waals surface area contributed by atoms with Crippen molar-refractivity contribution in [1.29, 1.82) is 0 Å². The van der Waals surface area contributed by atoms with Gasteiger partial charge in [-0.05, 0) is 37.5 Å². The van der Waals surface area contributed by atoms with Crippen LogP contribution in [0.3, 0.4) is 0 Å². The predicted molar refractivity (Wildman–Crippen MR) is 95.7 cm³/mol. The van der Waals surface area contributed by atoms with Crippen LogP contribution in [0.5, 0.6) is 0 Å². The third-order valence-electron chi connectivity index (χ3n) is 4.12. The van der Waals surface area contributed by atoms with Crippen LogP contribution in [-0.2, 0) is 16.0 Å². The second-order valence-corrected chi connectivity index (χ2v) is 6.98. The van der Waals surface area contributed by atoms with Gasteiger partial charge in [0.05, 0.1) is 12.5 Å². The molecule has 0 radical (unpaired) electrons. The van der Waals surface area contributed by atoms with E-state index in [9.17, 15) is 4.79 Å². The first-order valence-corrected chi connectivity index (χ1v) is 9.29. The number of hydrogen-bond donors (Lipinski definition) is 0. The fraction of sp³-hybridized carbons (Fsp3) is 0.471. The van der Waals surface area contributed by atoms with Gasteiger partial charge in [-0.25, -0.2) is 4.98 Å². The van der Waals surface area contributed by atoms with Gasteiger partial charge in [0.15, 0.2) is 0 Å². The van der Waals surface area contributed by atoms with Crippen LogP contribution in [0.2, 0.25) is 5.02 Å². The van der Waals surface area contributed by atoms with Gasteiger partial charge in [0, 0.05) is 36.1 Å². The van der Waals surface area contributed by atoms with Crippen molar-refractivity contribution in [3.8, 4) is 0 Å². The lowest BCUT2D eigenvalue weighted by atomic mass is 9.97. The normalized spacial score (nSPS) is 15.5. The highest BCUT2D eigenvalue weighted by molar-refractivity contribution is 7.09. The van der Waals surface area contributed by atoms with E-state index in [4.69, 9.17) is 16.3 Å². The van der Waals surface area contributed by atoms with Crippen LogP contribution < -0.4 is 4.90 Å². The van der Waals surface area contributed by atoms with Gasteiger partial charge < -0.3 is 9.64 Å². The van der Waals surface area contributed by atoms with Crippen LogP contribution in [0.15, 0.2) is 24.3 Å². The van der Waals surface area contributed by atoms with E-state index in [0.717, 1.165) is 47.5 Å². The highest BCUT2D eigenvalue weighted by atomic mass is 35.5. The minimum absolute atomic E-state index is 0.0164. The van der Waals surface area contributed by atoms with Gasteiger partial charge in [-0.2, -0.15) is 4.37 Å². The predicted octanol–water partition coefficient (Wildman–Crippen LogP) is 3.56. The smallest absolute Gasteiger partial charge is 0.309 e. The Kier molecular flexibility index (Phi) is 5.68. The van der Waals surface area contributed by atoms with Crippen molar-refractivity contribution in [2.75, 3.05) is 24.6 Å². The lowest BCUT2D eigenvalue weighted by Crippen LogP contribution is -2.36. The molecule has 1 saturated heterocycles. The lowest BCUT2D eigenvalue weighted by molar-refractivity contribution is -0.148. The highest BCUT2D eigenvalue weighted by Gasteiger charge is 2.27. The van der Waals surface area contributed by atoms with Gasteiger partial charge >= 0.3 is 5.97 Å². The van der Waals surface area contributed by atoms with Crippen LogP contribution in [0, 0.1) is 5.92 Å². The van der Waals surface area contributed by atoms with Crippen LogP contribution in [0.4, 0.5) is 5.13 Å². The molecule has 0 aliphatic carbocycles. The molecular formula is C17H20ClN3O2S. The monoisotopic (exact) mass is 365 g/mol. The molecule has 1 aliphatic heterocycles. The molecule has 0 atom stereocenters. The van der Waals surface area contributed by atoms with E-state index in [1.54, 1.807) is 0 Å². The third-order valence-corrected chi connectivity index (χ3v) is 5.19. The van der Waals surface area contributed by atoms with E-state index in [1.165, 1.54) is 11.5 Å². The first-order valence-electron chi connectivity index (χ1n) is 8.14. The summed E-state index contributed by atoms with van der Waals surface area (Å²) in [5, 5.41) is 1.66. The maximum absolute atomic E-state index is 11.8. The molecule has 0 saturated carbocycles. The fourth-order valence-electron chi connectivity index (χ4n) is 2.80. The second kappa shape index (κ2) is 7.94. The maximum atomic E-state index is 11.8. The van der Waals surface area contributed by atoms with Crippen molar-refractivity contribution in [1.82, 2.24) is 9.36 Å². The Bertz CT molecular complexity index is 681. The Morgan fingerprint density at radius 1 is 1.33 bits per heavy atom. The van der Waals surface area contributed by atoms with Gasteiger partial charge in [-0.1, -0.05) is 23.7 Å². The first kappa shape index (κ1) is 17.2. The van der Waals surface area contributed by atoms with Crippen LogP contribution in [-0.4, -0.2) is 35.0 Å². The number of aromatic nitrogens is 2. The average Bonchev–Trinajstić information content (AvgIpc) is 3.06. The molecule has 1 aliphatic rings. The molecule has 2 aromatic rings. The van der Waals surface area contributed by atoms with Crippen molar-refractivity contribution in [3.05, 3.63) is 40.7 Å². The summed E-state index contributed by atoms with van der Waals surface area (Å²) in [4.78, 5) is 18.6. The maximum Gasteiger partial charge on any atom is 0.309 e. The first-order chi connectivity index (χ1) is 11.7. The second-order valence-electron chi connectivity index (χ2n) is 5.81. The summed E-state index contributed by atoms with van der Waals surface area (Å²) < 4.78 is 9.57. The van der Waals surface area contributed by atoms with Gasteiger partial charge in [-0.3, -0.25) is 4.79 Å². The van der Waals surface area contributed by atoms with Crippen LogP contribution in [0.25, 0.3) is 0 Å². The molecule has 3 rings (SSSR count). The van der Waals surface area contributed by atoms with E-state index in [1.807, 2.05) is 31.2 Å². The molecular weight excluding hydrogens is 346 g/mol. The molecule has 5 nitrogen and oxygen atoms in total. The number of hydrogen-bond acceptors (Lipinski definition) is 6. The van der Waals surface area contributed by atoms with Gasteiger partial charge in [0.2, 0.25) is 5.13 Å². The Hall–Kier alpha value is -1.66. The van der Waals surface area contributed by atoms with E-state index < -0.39 is 0 Å². The van der Waals surface area contributed by atoms with Crippen molar-refractivity contribution >= 4 is 34.2 Å². The molecule has 1 fully saturated rings. The summed E-state index contributed by atoms with van der Waals surface area (Å²) in [6.45, 7) is 3.93. The van der Waals surface area contributed by atoms with Gasteiger partial charge in [0.1, 0.15) is 5.82 Å². The molecule has 2 heterocycles. The van der Waals surface area contributed by atoms with Crippen molar-refractivity contribution in [3.63, 3.8) is 0 Å². The average molecular weight is 366 g/mol.